The predicted octanol–water partition coefficient (Wildman–Crippen LogP) is 2.16. The Balaban J connectivity index is 1.68. The fraction of sp³-hybridized carbons (Fsp3) is 0.421. The lowest BCUT2D eigenvalue weighted by atomic mass is 9.95. The monoisotopic (exact) mass is 375 g/mol. The van der Waals surface area contributed by atoms with Gasteiger partial charge in [-0.3, -0.25) is 19.0 Å². The quantitative estimate of drug-likeness (QED) is 0.814. The Morgan fingerprint density at radius 2 is 1.62 bits per heavy atom. The second kappa shape index (κ2) is 8.36. The number of hydrogen-bond acceptors (Lipinski definition) is 3. The van der Waals surface area contributed by atoms with E-state index in [1.165, 1.54) is 27.9 Å². The smallest absolute Gasteiger partial charge is 0.316 e. The van der Waals surface area contributed by atoms with Gasteiger partial charge in [-0.25, -0.2) is 0 Å². The highest BCUT2D eigenvalue weighted by molar-refractivity contribution is 6.30. The summed E-state index contributed by atoms with van der Waals surface area (Å²) in [5.74, 6) is -0.228. The molecule has 0 atom stereocenters. The van der Waals surface area contributed by atoms with Gasteiger partial charge in [0.25, 0.3) is 0 Å². The van der Waals surface area contributed by atoms with Crippen LogP contribution >= 0.6 is 11.6 Å². The molecule has 138 valence electrons. The molecule has 2 aromatic rings. The van der Waals surface area contributed by atoms with Crippen molar-refractivity contribution in [3.8, 4) is 0 Å². The molecule has 0 unspecified atom stereocenters. The van der Waals surface area contributed by atoms with Gasteiger partial charge in [0, 0.05) is 23.5 Å². The summed E-state index contributed by atoms with van der Waals surface area (Å²) in [4.78, 5) is 36.8. The van der Waals surface area contributed by atoms with Crippen LogP contribution in [0.4, 0.5) is 0 Å². The summed E-state index contributed by atoms with van der Waals surface area (Å²) < 4.78 is 2.50. The third kappa shape index (κ3) is 4.64. The van der Waals surface area contributed by atoms with E-state index in [4.69, 9.17) is 11.6 Å². The summed E-state index contributed by atoms with van der Waals surface area (Å²) in [5.41, 5.74) is -0.475. The summed E-state index contributed by atoms with van der Waals surface area (Å²) in [5, 5.41) is 3.57. The third-order valence-corrected chi connectivity index (χ3v) is 4.93. The predicted molar refractivity (Wildman–Crippen MR) is 101 cm³/mol. The van der Waals surface area contributed by atoms with E-state index in [9.17, 15) is 14.4 Å². The Kier molecular flexibility index (Phi) is 5.93. The van der Waals surface area contributed by atoms with E-state index in [1.54, 1.807) is 24.3 Å². The van der Waals surface area contributed by atoms with Gasteiger partial charge in [-0.2, -0.15) is 0 Å². The lowest BCUT2D eigenvalue weighted by Crippen LogP contribution is -2.44. The number of benzene rings is 1. The number of hydrogen-bond donors (Lipinski definition) is 1. The van der Waals surface area contributed by atoms with Crippen molar-refractivity contribution in [3.05, 3.63) is 68.0 Å². The van der Waals surface area contributed by atoms with Crippen LogP contribution in [-0.4, -0.2) is 21.1 Å². The first-order valence-corrected chi connectivity index (χ1v) is 9.24. The molecule has 1 saturated carbocycles. The van der Waals surface area contributed by atoms with Gasteiger partial charge in [0.2, 0.25) is 5.91 Å². The minimum absolute atomic E-state index is 0.133. The zero-order chi connectivity index (χ0) is 18.5. The molecule has 3 rings (SSSR count). The minimum atomic E-state index is -0.694. The van der Waals surface area contributed by atoms with E-state index in [0.29, 0.717) is 5.02 Å². The number of halogens is 1. The van der Waals surface area contributed by atoms with E-state index in [1.807, 2.05) is 0 Å². The Bertz CT molecular complexity index is 880. The zero-order valence-corrected chi connectivity index (χ0v) is 15.2. The van der Waals surface area contributed by atoms with Crippen molar-refractivity contribution in [2.45, 2.75) is 51.2 Å². The molecule has 1 aliphatic rings. The van der Waals surface area contributed by atoms with Gasteiger partial charge < -0.3 is 9.88 Å². The van der Waals surface area contributed by atoms with Crippen LogP contribution in [-0.2, 0) is 17.9 Å². The molecule has 1 aromatic carbocycles. The van der Waals surface area contributed by atoms with Crippen molar-refractivity contribution in [1.82, 2.24) is 14.5 Å². The first-order chi connectivity index (χ1) is 12.5. The lowest BCUT2D eigenvalue weighted by molar-refractivity contribution is -0.122. The van der Waals surface area contributed by atoms with Crippen molar-refractivity contribution in [2.75, 3.05) is 0 Å². The molecule has 1 N–H and O–H groups in total. The molecule has 26 heavy (non-hydrogen) atoms. The van der Waals surface area contributed by atoms with Crippen molar-refractivity contribution in [1.29, 1.82) is 0 Å². The molecule has 1 heterocycles. The Labute approximate surface area is 156 Å². The number of nitrogens with zero attached hydrogens (tertiary/aromatic N) is 2. The first-order valence-electron chi connectivity index (χ1n) is 8.86. The Morgan fingerprint density at radius 3 is 2.31 bits per heavy atom. The van der Waals surface area contributed by atoms with Crippen LogP contribution in [0.2, 0.25) is 5.02 Å². The standard InChI is InChI=1S/C19H22ClN3O3/c20-15-8-6-14(7-9-15)12-22-10-11-23(19(26)18(22)25)13-17(24)21-16-4-2-1-3-5-16/h6-11,16H,1-5,12-13H2,(H,21,24). The van der Waals surface area contributed by atoms with Crippen LogP contribution in [0.3, 0.4) is 0 Å². The van der Waals surface area contributed by atoms with Crippen molar-refractivity contribution in [3.63, 3.8) is 0 Å². The highest BCUT2D eigenvalue weighted by Gasteiger charge is 2.16. The molecule has 1 aliphatic carbocycles. The summed E-state index contributed by atoms with van der Waals surface area (Å²) in [6.45, 7) is 0.146. The van der Waals surface area contributed by atoms with Crippen LogP contribution in [0.15, 0.2) is 46.2 Å². The van der Waals surface area contributed by atoms with Gasteiger partial charge in [-0.15, -0.1) is 0 Å². The van der Waals surface area contributed by atoms with E-state index in [2.05, 4.69) is 5.32 Å². The van der Waals surface area contributed by atoms with Gasteiger partial charge in [-0.1, -0.05) is 43.0 Å². The molecule has 1 aromatic heterocycles. The molecule has 7 heteroatoms. The average molecular weight is 376 g/mol. The third-order valence-electron chi connectivity index (χ3n) is 4.68. The Hall–Kier alpha value is -2.34. The van der Waals surface area contributed by atoms with Gasteiger partial charge in [-0.05, 0) is 30.5 Å². The van der Waals surface area contributed by atoms with Crippen LogP contribution in [0.25, 0.3) is 0 Å². The largest absolute Gasteiger partial charge is 0.352 e. The molecule has 6 nitrogen and oxygen atoms in total. The zero-order valence-electron chi connectivity index (χ0n) is 14.5. The molecule has 0 aliphatic heterocycles. The summed E-state index contributed by atoms with van der Waals surface area (Å²) in [7, 11) is 0. The molecular weight excluding hydrogens is 354 g/mol. The molecule has 0 radical (unpaired) electrons. The number of nitrogens with one attached hydrogen (secondary N) is 1. The highest BCUT2D eigenvalue weighted by Crippen LogP contribution is 2.17. The van der Waals surface area contributed by atoms with E-state index >= 15 is 0 Å². The molecular formula is C19H22ClN3O3. The molecule has 0 spiro atoms. The SMILES string of the molecule is O=C(Cn1ccn(Cc2ccc(Cl)cc2)c(=O)c1=O)NC1CCCCC1. The second-order valence-corrected chi connectivity index (χ2v) is 7.13. The fourth-order valence-corrected chi connectivity index (χ4v) is 3.38. The maximum absolute atomic E-state index is 12.3. The summed E-state index contributed by atoms with van der Waals surface area (Å²) >= 11 is 5.85. The molecule has 0 saturated heterocycles. The van der Waals surface area contributed by atoms with Gasteiger partial charge in [0.15, 0.2) is 0 Å². The van der Waals surface area contributed by atoms with Crippen LogP contribution in [0, 0.1) is 0 Å². The fourth-order valence-electron chi connectivity index (χ4n) is 3.25. The van der Waals surface area contributed by atoms with E-state index in [0.717, 1.165) is 31.2 Å². The number of amides is 1. The van der Waals surface area contributed by atoms with E-state index in [-0.39, 0.29) is 25.0 Å². The maximum Gasteiger partial charge on any atom is 0.316 e. The van der Waals surface area contributed by atoms with Crippen LogP contribution < -0.4 is 16.4 Å². The minimum Gasteiger partial charge on any atom is -0.352 e. The van der Waals surface area contributed by atoms with Crippen molar-refractivity contribution in [2.24, 2.45) is 0 Å². The molecule has 1 fully saturated rings. The topological polar surface area (TPSA) is 73.1 Å². The van der Waals surface area contributed by atoms with Crippen LogP contribution in [0.5, 0.6) is 0 Å². The average Bonchev–Trinajstić information content (AvgIpc) is 2.64. The second-order valence-electron chi connectivity index (χ2n) is 6.69. The number of carbonyl (C=O) groups is 1. The summed E-state index contributed by atoms with van der Waals surface area (Å²) in [6, 6.07) is 7.25. The molecule has 0 bridgehead atoms. The maximum atomic E-state index is 12.3. The highest BCUT2D eigenvalue weighted by atomic mass is 35.5. The number of aromatic nitrogens is 2. The van der Waals surface area contributed by atoms with Gasteiger partial charge in [0.05, 0.1) is 6.54 Å². The Morgan fingerprint density at radius 1 is 1.00 bits per heavy atom. The van der Waals surface area contributed by atoms with Crippen molar-refractivity contribution >= 4 is 17.5 Å². The lowest BCUT2D eigenvalue weighted by Gasteiger charge is -2.22. The number of rotatable bonds is 5. The summed E-state index contributed by atoms with van der Waals surface area (Å²) in [6.07, 6.45) is 8.41. The first kappa shape index (κ1) is 18.5. The van der Waals surface area contributed by atoms with Crippen molar-refractivity contribution < 1.29 is 4.79 Å². The molecule has 1 amide bonds. The number of carbonyl (C=O) groups excluding carboxylic acids is 1. The van der Waals surface area contributed by atoms with Gasteiger partial charge in [0.1, 0.15) is 6.54 Å². The van der Waals surface area contributed by atoms with Crippen LogP contribution in [0.1, 0.15) is 37.7 Å². The normalized spacial score (nSPS) is 15.0. The van der Waals surface area contributed by atoms with E-state index < -0.39 is 11.1 Å². The van der Waals surface area contributed by atoms with Gasteiger partial charge >= 0.3 is 11.1 Å².